The van der Waals surface area contributed by atoms with Crippen molar-refractivity contribution in [1.29, 1.82) is 0 Å². The number of aryl methyl sites for hydroxylation is 1. The number of aliphatic imine (C=N–C) groups is 1. The lowest BCUT2D eigenvalue weighted by atomic mass is 10.2. The van der Waals surface area contributed by atoms with E-state index in [1.165, 1.54) is 7.05 Å². The highest BCUT2D eigenvalue weighted by Crippen LogP contribution is 2.28. The van der Waals surface area contributed by atoms with E-state index in [1.807, 2.05) is 5.10 Å². The van der Waals surface area contributed by atoms with Crippen LogP contribution in [0, 0.1) is 0 Å². The standard InChI is InChI=1S/C12H11F3N4O/c1-19-11(20)9(10(18-19)12(13,14)15)7-17-6-8-3-2-4-16-5-8/h2-5,7,18H,6H2,1H3. The summed E-state index contributed by atoms with van der Waals surface area (Å²) >= 11 is 0. The molecule has 0 fully saturated rings. The lowest BCUT2D eigenvalue weighted by Gasteiger charge is -2.03. The van der Waals surface area contributed by atoms with Gasteiger partial charge < -0.3 is 0 Å². The van der Waals surface area contributed by atoms with E-state index < -0.39 is 23.0 Å². The van der Waals surface area contributed by atoms with Gasteiger partial charge in [-0.15, -0.1) is 0 Å². The quantitative estimate of drug-likeness (QED) is 0.873. The third-order valence-corrected chi connectivity index (χ3v) is 2.58. The summed E-state index contributed by atoms with van der Waals surface area (Å²) in [6.45, 7) is 0.152. The number of halogens is 3. The third kappa shape index (κ3) is 2.95. The molecule has 0 aliphatic rings. The van der Waals surface area contributed by atoms with Crippen LogP contribution in [-0.2, 0) is 19.8 Å². The first kappa shape index (κ1) is 14.0. The maximum atomic E-state index is 12.7. The van der Waals surface area contributed by atoms with Crippen LogP contribution in [0.4, 0.5) is 13.2 Å². The number of nitrogens with zero attached hydrogens (tertiary/aromatic N) is 3. The van der Waals surface area contributed by atoms with Crippen LogP contribution in [0.15, 0.2) is 34.3 Å². The Bertz CT molecular complexity index is 670. The summed E-state index contributed by atoms with van der Waals surface area (Å²) in [5.41, 5.74) is -1.62. The molecule has 0 radical (unpaired) electrons. The van der Waals surface area contributed by atoms with E-state index in [1.54, 1.807) is 24.5 Å². The number of H-pyrrole nitrogens is 1. The lowest BCUT2D eigenvalue weighted by Crippen LogP contribution is -2.15. The van der Waals surface area contributed by atoms with Crippen molar-refractivity contribution in [1.82, 2.24) is 14.8 Å². The average Bonchev–Trinajstić information content (AvgIpc) is 2.68. The van der Waals surface area contributed by atoms with E-state index in [2.05, 4.69) is 9.98 Å². The lowest BCUT2D eigenvalue weighted by molar-refractivity contribution is -0.141. The number of pyridine rings is 1. The van der Waals surface area contributed by atoms with E-state index in [-0.39, 0.29) is 6.54 Å². The number of hydrogen-bond acceptors (Lipinski definition) is 3. The van der Waals surface area contributed by atoms with Gasteiger partial charge in [0, 0.05) is 25.7 Å². The summed E-state index contributed by atoms with van der Waals surface area (Å²) in [6, 6.07) is 3.44. The summed E-state index contributed by atoms with van der Waals surface area (Å²) in [6.07, 6.45) is -0.557. The second-order valence-electron chi connectivity index (χ2n) is 4.09. The van der Waals surface area contributed by atoms with Crippen molar-refractivity contribution in [2.45, 2.75) is 12.7 Å². The molecule has 0 spiro atoms. The minimum Gasteiger partial charge on any atom is -0.291 e. The second kappa shape index (κ2) is 5.32. The highest BCUT2D eigenvalue weighted by molar-refractivity contribution is 5.80. The molecule has 2 aromatic rings. The van der Waals surface area contributed by atoms with Gasteiger partial charge in [0.05, 0.1) is 12.1 Å². The molecule has 106 valence electrons. The minimum absolute atomic E-state index is 0.152. The Labute approximate surface area is 111 Å². The van der Waals surface area contributed by atoms with Crippen molar-refractivity contribution in [3.8, 4) is 0 Å². The Morgan fingerprint density at radius 2 is 2.25 bits per heavy atom. The molecule has 8 heteroatoms. The molecule has 0 aromatic carbocycles. The van der Waals surface area contributed by atoms with Gasteiger partial charge in [0.15, 0.2) is 5.69 Å². The van der Waals surface area contributed by atoms with Gasteiger partial charge >= 0.3 is 6.18 Å². The van der Waals surface area contributed by atoms with E-state index in [9.17, 15) is 18.0 Å². The van der Waals surface area contributed by atoms with Crippen molar-refractivity contribution >= 4 is 6.21 Å². The first-order chi connectivity index (χ1) is 9.39. The van der Waals surface area contributed by atoms with Gasteiger partial charge in [-0.2, -0.15) is 13.2 Å². The Hall–Kier alpha value is -2.38. The Kier molecular flexibility index (Phi) is 3.73. The molecule has 0 saturated carbocycles. The molecule has 0 amide bonds. The summed E-state index contributed by atoms with van der Waals surface area (Å²) in [7, 11) is 1.22. The van der Waals surface area contributed by atoms with Gasteiger partial charge in [-0.3, -0.25) is 24.6 Å². The van der Waals surface area contributed by atoms with Crippen LogP contribution in [0.2, 0.25) is 0 Å². The van der Waals surface area contributed by atoms with Crippen LogP contribution in [0.25, 0.3) is 0 Å². The zero-order chi connectivity index (χ0) is 14.8. The van der Waals surface area contributed by atoms with Gasteiger partial charge in [-0.1, -0.05) is 6.07 Å². The highest BCUT2D eigenvalue weighted by atomic mass is 19.4. The summed E-state index contributed by atoms with van der Waals surface area (Å²) in [5.74, 6) is 0. The van der Waals surface area contributed by atoms with Gasteiger partial charge in [-0.25, -0.2) is 0 Å². The molecule has 0 unspecified atom stereocenters. The normalized spacial score (nSPS) is 12.2. The maximum absolute atomic E-state index is 12.7. The van der Waals surface area contributed by atoms with E-state index in [4.69, 9.17) is 0 Å². The smallest absolute Gasteiger partial charge is 0.291 e. The molecule has 2 heterocycles. The van der Waals surface area contributed by atoms with Crippen molar-refractivity contribution in [3.05, 3.63) is 51.7 Å². The molecule has 0 aliphatic heterocycles. The van der Waals surface area contributed by atoms with Crippen LogP contribution in [-0.4, -0.2) is 21.0 Å². The summed E-state index contributed by atoms with van der Waals surface area (Å²) < 4.78 is 39.0. The second-order valence-corrected chi connectivity index (χ2v) is 4.09. The molecule has 0 atom stereocenters. The van der Waals surface area contributed by atoms with Crippen molar-refractivity contribution < 1.29 is 13.2 Å². The van der Waals surface area contributed by atoms with Crippen molar-refractivity contribution in [2.75, 3.05) is 0 Å². The van der Waals surface area contributed by atoms with E-state index >= 15 is 0 Å². The molecule has 2 rings (SSSR count). The van der Waals surface area contributed by atoms with Gasteiger partial charge in [-0.05, 0) is 11.6 Å². The Morgan fingerprint density at radius 1 is 1.50 bits per heavy atom. The molecule has 20 heavy (non-hydrogen) atoms. The van der Waals surface area contributed by atoms with Crippen molar-refractivity contribution in [3.63, 3.8) is 0 Å². The number of aromatic amines is 1. The monoisotopic (exact) mass is 284 g/mol. The first-order valence-corrected chi connectivity index (χ1v) is 5.64. The van der Waals surface area contributed by atoms with E-state index in [0.29, 0.717) is 0 Å². The SMILES string of the molecule is Cn1[nH]c(C(F)(F)F)c(C=NCc2cccnc2)c1=O. The molecule has 0 bridgehead atoms. The molecule has 0 saturated heterocycles. The van der Waals surface area contributed by atoms with Crippen LogP contribution in [0.1, 0.15) is 16.8 Å². The number of nitrogens with one attached hydrogen (secondary N) is 1. The summed E-state index contributed by atoms with van der Waals surface area (Å²) in [5, 5.41) is 1.98. The minimum atomic E-state index is -4.63. The first-order valence-electron chi connectivity index (χ1n) is 5.64. The average molecular weight is 284 g/mol. The van der Waals surface area contributed by atoms with Crippen molar-refractivity contribution in [2.24, 2.45) is 12.0 Å². The number of hydrogen-bond donors (Lipinski definition) is 1. The van der Waals surface area contributed by atoms with Crippen LogP contribution < -0.4 is 5.56 Å². The topological polar surface area (TPSA) is 63.0 Å². The molecular formula is C12H11F3N4O. The van der Waals surface area contributed by atoms with Gasteiger partial charge in [0.25, 0.3) is 5.56 Å². The van der Waals surface area contributed by atoms with Crippen LogP contribution in [0.5, 0.6) is 0 Å². The fraction of sp³-hybridized carbons (Fsp3) is 0.250. The fourth-order valence-electron chi connectivity index (χ4n) is 1.64. The largest absolute Gasteiger partial charge is 0.433 e. The Morgan fingerprint density at radius 3 is 2.85 bits per heavy atom. The Balaban J connectivity index is 2.27. The number of alkyl halides is 3. The van der Waals surface area contributed by atoms with E-state index in [0.717, 1.165) is 16.5 Å². The maximum Gasteiger partial charge on any atom is 0.433 e. The van der Waals surface area contributed by atoms with Crippen LogP contribution >= 0.6 is 0 Å². The predicted octanol–water partition coefficient (Wildman–Crippen LogP) is 1.75. The van der Waals surface area contributed by atoms with Gasteiger partial charge in [0.2, 0.25) is 0 Å². The molecule has 1 N–H and O–H groups in total. The molecule has 2 aromatic heterocycles. The third-order valence-electron chi connectivity index (χ3n) is 2.58. The van der Waals surface area contributed by atoms with Crippen LogP contribution in [0.3, 0.4) is 0 Å². The molecule has 5 nitrogen and oxygen atoms in total. The molecular weight excluding hydrogens is 273 g/mol. The summed E-state index contributed by atoms with van der Waals surface area (Å²) in [4.78, 5) is 19.3. The number of rotatable bonds is 3. The molecule has 0 aliphatic carbocycles. The van der Waals surface area contributed by atoms with Gasteiger partial charge in [0.1, 0.15) is 0 Å². The fourth-order valence-corrected chi connectivity index (χ4v) is 1.64. The zero-order valence-corrected chi connectivity index (χ0v) is 10.5. The highest BCUT2D eigenvalue weighted by Gasteiger charge is 2.36. The number of aromatic nitrogens is 3. The predicted molar refractivity (Wildman–Crippen MR) is 66.6 cm³/mol. The zero-order valence-electron chi connectivity index (χ0n) is 10.5.